The zero-order valence-electron chi connectivity index (χ0n) is 7.90. The lowest BCUT2D eigenvalue weighted by atomic mass is 10.4. The van der Waals surface area contributed by atoms with Crippen LogP contribution in [0.4, 0.5) is 0 Å². The predicted octanol–water partition coefficient (Wildman–Crippen LogP) is 0.553. The highest BCUT2D eigenvalue weighted by atomic mass is 16.1. The van der Waals surface area contributed by atoms with Crippen molar-refractivity contribution in [1.82, 2.24) is 20.5 Å². The Hall–Kier alpha value is -1.91. The van der Waals surface area contributed by atoms with E-state index < -0.39 is 0 Å². The smallest absolute Gasteiger partial charge is 0.244 e. The van der Waals surface area contributed by atoms with Gasteiger partial charge in [-0.25, -0.2) is 4.98 Å². The Bertz CT molecular complexity index is 327. The van der Waals surface area contributed by atoms with Gasteiger partial charge in [-0.2, -0.15) is 5.10 Å². The van der Waals surface area contributed by atoms with Crippen molar-refractivity contribution >= 4 is 5.91 Å². The molecule has 0 unspecified atom stereocenters. The van der Waals surface area contributed by atoms with Crippen molar-refractivity contribution < 1.29 is 4.79 Å². The van der Waals surface area contributed by atoms with Crippen LogP contribution in [0.1, 0.15) is 12.7 Å². The van der Waals surface area contributed by atoms with Crippen LogP contribution in [0.2, 0.25) is 0 Å². The third kappa shape index (κ3) is 3.66. The monoisotopic (exact) mass is 192 g/mol. The zero-order chi connectivity index (χ0) is 10.2. The van der Waals surface area contributed by atoms with E-state index in [9.17, 15) is 4.79 Å². The molecule has 0 fully saturated rings. The van der Waals surface area contributed by atoms with Crippen LogP contribution in [0.15, 0.2) is 30.6 Å². The van der Waals surface area contributed by atoms with Crippen LogP contribution in [-0.2, 0) is 11.3 Å². The van der Waals surface area contributed by atoms with Crippen LogP contribution in [-0.4, -0.2) is 21.1 Å². The van der Waals surface area contributed by atoms with E-state index in [1.165, 1.54) is 12.4 Å². The van der Waals surface area contributed by atoms with E-state index in [2.05, 4.69) is 20.5 Å². The molecule has 0 bridgehead atoms. The lowest BCUT2D eigenvalue weighted by Crippen LogP contribution is -2.20. The van der Waals surface area contributed by atoms with E-state index in [0.717, 1.165) is 0 Å². The van der Waals surface area contributed by atoms with Crippen molar-refractivity contribution in [2.45, 2.75) is 13.5 Å². The van der Waals surface area contributed by atoms with Crippen molar-refractivity contribution in [3.05, 3.63) is 36.5 Å². The van der Waals surface area contributed by atoms with Crippen molar-refractivity contribution in [2.24, 2.45) is 0 Å². The van der Waals surface area contributed by atoms with E-state index in [4.69, 9.17) is 0 Å². The summed E-state index contributed by atoms with van der Waals surface area (Å²) in [5.41, 5.74) is 0. The van der Waals surface area contributed by atoms with E-state index in [-0.39, 0.29) is 5.91 Å². The van der Waals surface area contributed by atoms with E-state index in [1.54, 1.807) is 12.2 Å². The number of hydrogen-bond acceptors (Lipinski definition) is 3. The molecule has 2 N–H and O–H groups in total. The summed E-state index contributed by atoms with van der Waals surface area (Å²) >= 11 is 0. The van der Waals surface area contributed by atoms with Crippen LogP contribution < -0.4 is 5.32 Å². The van der Waals surface area contributed by atoms with Gasteiger partial charge in [0.1, 0.15) is 12.2 Å². The van der Waals surface area contributed by atoms with Gasteiger partial charge in [-0.3, -0.25) is 9.89 Å². The minimum atomic E-state index is -0.153. The SMILES string of the molecule is C/C=C/C=C/C(=O)NCc1ncn[nH]1. The second-order valence-corrected chi connectivity index (χ2v) is 2.53. The maximum absolute atomic E-state index is 11.1. The molecule has 0 aliphatic carbocycles. The number of carbonyl (C=O) groups is 1. The van der Waals surface area contributed by atoms with Crippen molar-refractivity contribution in [3.8, 4) is 0 Å². The Morgan fingerprint density at radius 2 is 2.50 bits per heavy atom. The Kier molecular flexibility index (Phi) is 4.13. The summed E-state index contributed by atoms with van der Waals surface area (Å²) < 4.78 is 0. The molecule has 1 rings (SSSR count). The van der Waals surface area contributed by atoms with Gasteiger partial charge in [-0.1, -0.05) is 18.2 Å². The normalized spacial score (nSPS) is 11.2. The van der Waals surface area contributed by atoms with Gasteiger partial charge in [-0.15, -0.1) is 0 Å². The molecule has 0 aliphatic rings. The minimum Gasteiger partial charge on any atom is -0.345 e. The number of rotatable bonds is 4. The maximum atomic E-state index is 11.1. The van der Waals surface area contributed by atoms with Crippen LogP contribution in [0.5, 0.6) is 0 Å². The number of aromatic amines is 1. The molecule has 0 atom stereocenters. The fourth-order valence-electron chi connectivity index (χ4n) is 0.800. The average Bonchev–Trinajstić information content (AvgIpc) is 2.68. The quantitative estimate of drug-likeness (QED) is 0.540. The largest absolute Gasteiger partial charge is 0.345 e. The minimum absolute atomic E-state index is 0.153. The summed E-state index contributed by atoms with van der Waals surface area (Å²) in [6.07, 6.45) is 8.16. The van der Waals surface area contributed by atoms with Gasteiger partial charge in [0.05, 0.1) is 6.54 Å². The molecule has 5 heteroatoms. The Labute approximate surface area is 81.9 Å². The molecule has 0 saturated carbocycles. The number of carbonyl (C=O) groups excluding carboxylic acids is 1. The first-order chi connectivity index (χ1) is 6.83. The van der Waals surface area contributed by atoms with Gasteiger partial charge in [0, 0.05) is 6.08 Å². The fourth-order valence-corrected chi connectivity index (χ4v) is 0.800. The van der Waals surface area contributed by atoms with Crippen molar-refractivity contribution in [1.29, 1.82) is 0 Å². The van der Waals surface area contributed by atoms with Crippen molar-refractivity contribution in [3.63, 3.8) is 0 Å². The summed E-state index contributed by atoms with van der Waals surface area (Å²) in [6, 6.07) is 0. The van der Waals surface area contributed by atoms with E-state index in [0.29, 0.717) is 12.4 Å². The molecule has 0 aromatic carbocycles. The van der Waals surface area contributed by atoms with Gasteiger partial charge < -0.3 is 5.32 Å². The fraction of sp³-hybridized carbons (Fsp3) is 0.222. The highest BCUT2D eigenvalue weighted by molar-refractivity contribution is 5.87. The third-order valence-electron chi connectivity index (χ3n) is 1.45. The lowest BCUT2D eigenvalue weighted by molar-refractivity contribution is -0.116. The average molecular weight is 192 g/mol. The Morgan fingerprint density at radius 3 is 3.14 bits per heavy atom. The molecule has 1 amide bonds. The first-order valence-corrected chi connectivity index (χ1v) is 4.24. The highest BCUT2D eigenvalue weighted by Gasteiger charge is 1.96. The van der Waals surface area contributed by atoms with Gasteiger partial charge in [0.2, 0.25) is 5.91 Å². The maximum Gasteiger partial charge on any atom is 0.244 e. The number of allylic oxidation sites excluding steroid dienone is 3. The van der Waals surface area contributed by atoms with E-state index in [1.807, 2.05) is 13.0 Å². The lowest BCUT2D eigenvalue weighted by Gasteiger charge is -1.96. The van der Waals surface area contributed by atoms with E-state index >= 15 is 0 Å². The molecule has 0 radical (unpaired) electrons. The number of hydrogen-bond donors (Lipinski definition) is 2. The molecular weight excluding hydrogens is 180 g/mol. The first-order valence-electron chi connectivity index (χ1n) is 4.24. The number of nitrogens with one attached hydrogen (secondary N) is 2. The molecule has 1 heterocycles. The molecular formula is C9H12N4O. The zero-order valence-corrected chi connectivity index (χ0v) is 7.90. The van der Waals surface area contributed by atoms with Gasteiger partial charge in [-0.05, 0) is 6.92 Å². The number of nitrogens with zero attached hydrogens (tertiary/aromatic N) is 2. The summed E-state index contributed by atoms with van der Waals surface area (Å²) in [4.78, 5) is 15.0. The van der Waals surface area contributed by atoms with Gasteiger partial charge in [0.15, 0.2) is 0 Å². The summed E-state index contributed by atoms with van der Waals surface area (Å²) in [7, 11) is 0. The topological polar surface area (TPSA) is 70.7 Å². The molecule has 5 nitrogen and oxygen atoms in total. The highest BCUT2D eigenvalue weighted by Crippen LogP contribution is 1.84. The number of amides is 1. The number of aromatic nitrogens is 3. The van der Waals surface area contributed by atoms with Crippen LogP contribution in [0, 0.1) is 0 Å². The third-order valence-corrected chi connectivity index (χ3v) is 1.45. The second-order valence-electron chi connectivity index (χ2n) is 2.53. The Morgan fingerprint density at radius 1 is 1.64 bits per heavy atom. The van der Waals surface area contributed by atoms with Crippen LogP contribution >= 0.6 is 0 Å². The molecule has 14 heavy (non-hydrogen) atoms. The van der Waals surface area contributed by atoms with Crippen LogP contribution in [0.3, 0.4) is 0 Å². The molecule has 1 aromatic rings. The molecule has 0 spiro atoms. The van der Waals surface area contributed by atoms with Crippen molar-refractivity contribution in [2.75, 3.05) is 0 Å². The van der Waals surface area contributed by atoms with Crippen LogP contribution in [0.25, 0.3) is 0 Å². The molecule has 1 aromatic heterocycles. The summed E-state index contributed by atoms with van der Waals surface area (Å²) in [5, 5.41) is 8.96. The molecule has 74 valence electrons. The molecule has 0 saturated heterocycles. The second kappa shape index (κ2) is 5.69. The molecule has 0 aliphatic heterocycles. The number of H-pyrrole nitrogens is 1. The predicted molar refractivity (Wildman–Crippen MR) is 52.2 cm³/mol. The van der Waals surface area contributed by atoms with Gasteiger partial charge >= 0.3 is 0 Å². The summed E-state index contributed by atoms with van der Waals surface area (Å²) in [6.45, 7) is 2.25. The standard InChI is InChI=1S/C9H12N4O/c1-2-3-4-5-9(14)10-6-8-11-7-12-13-8/h2-5,7H,6H2,1H3,(H,10,14)(H,11,12,13)/b3-2+,5-4+. The first kappa shape index (κ1) is 10.2. The Balaban J connectivity index is 2.28. The van der Waals surface area contributed by atoms with Gasteiger partial charge in [0.25, 0.3) is 0 Å². The summed E-state index contributed by atoms with van der Waals surface area (Å²) in [5.74, 6) is 0.484.